The lowest BCUT2D eigenvalue weighted by Gasteiger charge is -2.39. The first-order chi connectivity index (χ1) is 10.2. The minimum Gasteiger partial charge on any atom is -0.339 e. The Hall–Kier alpha value is -0.420. The van der Waals surface area contributed by atoms with Gasteiger partial charge < -0.3 is 4.52 Å². The molecule has 0 radical (unpaired) electrons. The van der Waals surface area contributed by atoms with E-state index in [-0.39, 0.29) is 0 Å². The van der Waals surface area contributed by atoms with Crippen molar-refractivity contribution < 1.29 is 4.52 Å². The van der Waals surface area contributed by atoms with E-state index < -0.39 is 8.30 Å². The van der Waals surface area contributed by atoms with Crippen molar-refractivity contribution in [1.29, 1.82) is 5.26 Å². The Labute approximate surface area is 139 Å². The molecule has 4 heteroatoms. The van der Waals surface area contributed by atoms with Crippen molar-refractivity contribution >= 4 is 8.30 Å². The zero-order valence-electron chi connectivity index (χ0n) is 15.8. The number of hydrogen-bond acceptors (Lipinski definition) is 3. The molecule has 0 aliphatic heterocycles. The maximum absolute atomic E-state index is 8.81. The minimum atomic E-state index is -0.800. The largest absolute Gasteiger partial charge is 0.339 e. The molecule has 1 atom stereocenters. The van der Waals surface area contributed by atoms with Gasteiger partial charge in [0.25, 0.3) is 0 Å². The van der Waals surface area contributed by atoms with E-state index in [1.54, 1.807) is 0 Å². The van der Waals surface area contributed by atoms with Gasteiger partial charge in [-0.1, -0.05) is 33.8 Å². The SMILES string of the molecule is CC(C)/C=C(/CC(C)C)P(OCCC#N)N(C(C)C)C(C)C. The first kappa shape index (κ1) is 21.6. The summed E-state index contributed by atoms with van der Waals surface area (Å²) in [6.07, 6.45) is 3.89. The highest BCUT2D eigenvalue weighted by Gasteiger charge is 2.29. The number of nitrogens with zero attached hydrogens (tertiary/aromatic N) is 2. The van der Waals surface area contributed by atoms with E-state index >= 15 is 0 Å². The van der Waals surface area contributed by atoms with Crippen LogP contribution in [0, 0.1) is 23.2 Å². The van der Waals surface area contributed by atoms with Crippen LogP contribution >= 0.6 is 8.30 Å². The lowest BCUT2D eigenvalue weighted by molar-refractivity contribution is 0.259. The van der Waals surface area contributed by atoms with E-state index in [0.29, 0.717) is 36.9 Å². The van der Waals surface area contributed by atoms with E-state index in [9.17, 15) is 0 Å². The molecule has 0 aromatic heterocycles. The summed E-state index contributed by atoms with van der Waals surface area (Å²) in [7, 11) is -0.800. The van der Waals surface area contributed by atoms with Crippen molar-refractivity contribution in [2.24, 2.45) is 11.8 Å². The van der Waals surface area contributed by atoms with Gasteiger partial charge >= 0.3 is 0 Å². The molecule has 0 rings (SSSR count). The van der Waals surface area contributed by atoms with E-state index in [0.717, 1.165) is 6.42 Å². The molecule has 0 saturated carbocycles. The van der Waals surface area contributed by atoms with Crippen LogP contribution in [0.4, 0.5) is 0 Å². The smallest absolute Gasteiger partial charge is 0.133 e. The maximum Gasteiger partial charge on any atom is 0.133 e. The highest BCUT2D eigenvalue weighted by atomic mass is 31.2. The fourth-order valence-electron chi connectivity index (χ4n) is 2.50. The Kier molecular flexibility index (Phi) is 11.0. The third-order valence-electron chi connectivity index (χ3n) is 3.08. The average Bonchev–Trinajstić information content (AvgIpc) is 2.34. The van der Waals surface area contributed by atoms with Crippen LogP contribution in [0.5, 0.6) is 0 Å². The van der Waals surface area contributed by atoms with Crippen LogP contribution in [0.2, 0.25) is 0 Å². The van der Waals surface area contributed by atoms with Gasteiger partial charge in [0.1, 0.15) is 8.30 Å². The van der Waals surface area contributed by atoms with E-state index in [4.69, 9.17) is 9.79 Å². The molecule has 3 nitrogen and oxygen atoms in total. The summed E-state index contributed by atoms with van der Waals surface area (Å²) >= 11 is 0. The van der Waals surface area contributed by atoms with Gasteiger partial charge in [-0.25, -0.2) is 0 Å². The van der Waals surface area contributed by atoms with Gasteiger partial charge in [-0.3, -0.25) is 4.67 Å². The molecule has 0 aromatic rings. The molecule has 0 spiro atoms. The molecule has 1 unspecified atom stereocenters. The fraction of sp³-hybridized carbons (Fsp3) is 0.833. The van der Waals surface area contributed by atoms with Crippen molar-refractivity contribution in [3.8, 4) is 6.07 Å². The lowest BCUT2D eigenvalue weighted by Crippen LogP contribution is -2.33. The highest BCUT2D eigenvalue weighted by Crippen LogP contribution is 2.54. The normalized spacial score (nSPS) is 14.5. The lowest BCUT2D eigenvalue weighted by atomic mass is 10.1. The van der Waals surface area contributed by atoms with Gasteiger partial charge in [0.05, 0.1) is 19.1 Å². The van der Waals surface area contributed by atoms with Gasteiger partial charge in [-0.15, -0.1) is 0 Å². The molecule has 0 heterocycles. The summed E-state index contributed by atoms with van der Waals surface area (Å²) < 4.78 is 8.71. The number of nitriles is 1. The maximum atomic E-state index is 8.81. The van der Waals surface area contributed by atoms with Crippen LogP contribution in [-0.2, 0) is 4.52 Å². The first-order valence-corrected chi connectivity index (χ1v) is 9.70. The second-order valence-corrected chi connectivity index (χ2v) is 8.92. The Morgan fingerprint density at radius 2 is 1.64 bits per heavy atom. The minimum absolute atomic E-state index is 0.427. The Bertz CT molecular complexity index is 362. The molecule has 0 aromatic carbocycles. The van der Waals surface area contributed by atoms with E-state index in [1.807, 2.05) is 0 Å². The molecule has 0 fully saturated rings. The second kappa shape index (κ2) is 11.2. The van der Waals surface area contributed by atoms with Gasteiger partial charge in [-0.2, -0.15) is 5.26 Å². The Morgan fingerprint density at radius 3 is 2.00 bits per heavy atom. The van der Waals surface area contributed by atoms with Crippen LogP contribution in [0.15, 0.2) is 11.4 Å². The summed E-state index contributed by atoms with van der Waals surface area (Å²) in [4.78, 5) is 0. The molecule has 0 aliphatic carbocycles. The third-order valence-corrected chi connectivity index (χ3v) is 5.68. The molecule has 22 heavy (non-hydrogen) atoms. The summed E-state index contributed by atoms with van der Waals surface area (Å²) in [5.41, 5.74) is 0. The first-order valence-electron chi connectivity index (χ1n) is 8.49. The topological polar surface area (TPSA) is 36.3 Å². The number of hydrogen-bond donors (Lipinski definition) is 0. The molecular weight excluding hydrogens is 291 g/mol. The summed E-state index contributed by atoms with van der Waals surface area (Å²) in [6, 6.07) is 3.04. The quantitative estimate of drug-likeness (QED) is 0.368. The van der Waals surface area contributed by atoms with Crippen molar-refractivity contribution in [1.82, 2.24) is 4.67 Å². The molecule has 0 saturated heterocycles. The predicted molar refractivity (Wildman–Crippen MR) is 97.6 cm³/mol. The number of rotatable bonds is 10. The Balaban J connectivity index is 5.51. The van der Waals surface area contributed by atoms with Crippen molar-refractivity contribution in [3.63, 3.8) is 0 Å². The van der Waals surface area contributed by atoms with Gasteiger partial charge in [-0.05, 0) is 51.3 Å². The van der Waals surface area contributed by atoms with Gasteiger partial charge in [0, 0.05) is 12.1 Å². The standard InChI is InChI=1S/C18H35N2OP/c1-14(2)12-18(13-15(3)4)22(21-11-9-10-19)20(16(5)6)17(7)8/h12,14-17H,9,11,13H2,1-8H3/b18-12-. The molecule has 0 aliphatic rings. The van der Waals surface area contributed by atoms with Crippen LogP contribution in [0.3, 0.4) is 0 Å². The molecule has 128 valence electrons. The van der Waals surface area contributed by atoms with E-state index in [2.05, 4.69) is 72.2 Å². The van der Waals surface area contributed by atoms with E-state index in [1.165, 1.54) is 5.31 Å². The zero-order valence-corrected chi connectivity index (χ0v) is 16.7. The number of allylic oxidation sites excluding steroid dienone is 2. The molecular formula is C18H35N2OP. The van der Waals surface area contributed by atoms with Crippen LogP contribution < -0.4 is 0 Å². The molecule has 0 bridgehead atoms. The predicted octanol–water partition coefficient (Wildman–Crippen LogP) is 5.93. The molecule has 0 amide bonds. The van der Waals surface area contributed by atoms with Crippen molar-refractivity contribution in [3.05, 3.63) is 11.4 Å². The van der Waals surface area contributed by atoms with Crippen LogP contribution in [-0.4, -0.2) is 23.4 Å². The van der Waals surface area contributed by atoms with Gasteiger partial charge in [0.2, 0.25) is 0 Å². The summed E-state index contributed by atoms with van der Waals surface area (Å²) in [5.74, 6) is 1.12. The molecule has 0 N–H and O–H groups in total. The van der Waals surface area contributed by atoms with Gasteiger partial charge in [0.15, 0.2) is 0 Å². The monoisotopic (exact) mass is 326 g/mol. The average molecular weight is 326 g/mol. The Morgan fingerprint density at radius 1 is 1.09 bits per heavy atom. The van der Waals surface area contributed by atoms with Crippen LogP contribution in [0.25, 0.3) is 0 Å². The second-order valence-electron chi connectivity index (χ2n) is 7.08. The van der Waals surface area contributed by atoms with Crippen molar-refractivity contribution in [2.45, 2.75) is 80.3 Å². The summed E-state index contributed by atoms with van der Waals surface area (Å²) in [6.45, 7) is 18.4. The fourth-order valence-corrected chi connectivity index (χ4v) is 5.15. The van der Waals surface area contributed by atoms with Crippen LogP contribution in [0.1, 0.15) is 68.2 Å². The zero-order chi connectivity index (χ0) is 17.3. The van der Waals surface area contributed by atoms with Crippen molar-refractivity contribution in [2.75, 3.05) is 6.61 Å². The highest BCUT2D eigenvalue weighted by molar-refractivity contribution is 7.54. The summed E-state index contributed by atoms with van der Waals surface area (Å²) in [5, 5.41) is 10.2. The third kappa shape index (κ3) is 8.28.